The Morgan fingerprint density at radius 3 is 2.26 bits per heavy atom. The molecule has 1 unspecified atom stereocenters. The maximum atomic E-state index is 14.1. The molecule has 1 atom stereocenters. The predicted molar refractivity (Wildman–Crippen MR) is 189 cm³/mol. The van der Waals surface area contributed by atoms with Gasteiger partial charge in [-0.05, 0) is 99.4 Å². The highest BCUT2D eigenvalue weighted by atomic mass is 16.2. The van der Waals surface area contributed by atoms with Gasteiger partial charge in [0.2, 0.25) is 5.91 Å². The minimum atomic E-state index is -0.766. The van der Waals surface area contributed by atoms with Crippen molar-refractivity contribution in [2.45, 2.75) is 80.1 Å². The van der Waals surface area contributed by atoms with Gasteiger partial charge < -0.3 is 20.2 Å². The van der Waals surface area contributed by atoms with E-state index in [1.807, 2.05) is 31.1 Å². The van der Waals surface area contributed by atoms with E-state index in [-0.39, 0.29) is 11.8 Å². The molecule has 8 heteroatoms. The first-order chi connectivity index (χ1) is 21.8. The second kappa shape index (κ2) is 13.8. The molecule has 5 rings (SSSR count). The quantitative estimate of drug-likeness (QED) is 0.118. The Labute approximate surface area is 273 Å². The molecule has 4 heterocycles. The van der Waals surface area contributed by atoms with Crippen LogP contribution in [-0.4, -0.2) is 61.9 Å². The van der Waals surface area contributed by atoms with Crippen LogP contribution in [0, 0.1) is 25.7 Å². The number of aryl methyl sites for hydroxylation is 2. The monoisotopic (exact) mass is 621 g/mol. The summed E-state index contributed by atoms with van der Waals surface area (Å²) in [5.74, 6) is 1.11. The molecule has 1 aromatic carbocycles. The Hall–Kier alpha value is -4.04. The molecule has 244 valence electrons. The summed E-state index contributed by atoms with van der Waals surface area (Å²) in [7, 11) is 0. The first kappa shape index (κ1) is 33.3. The zero-order valence-electron chi connectivity index (χ0n) is 29.1. The van der Waals surface area contributed by atoms with Crippen molar-refractivity contribution in [3.05, 3.63) is 77.0 Å². The molecule has 1 amide bonds. The highest BCUT2D eigenvalue weighted by Crippen LogP contribution is 2.38. The number of nitrogens with zero attached hydrogens (tertiary/aromatic N) is 4. The van der Waals surface area contributed by atoms with Crippen molar-refractivity contribution in [1.82, 2.24) is 35.1 Å². The van der Waals surface area contributed by atoms with Gasteiger partial charge in [-0.25, -0.2) is 9.97 Å². The van der Waals surface area contributed by atoms with Gasteiger partial charge in [0.15, 0.2) is 5.65 Å². The van der Waals surface area contributed by atoms with Crippen molar-refractivity contribution in [1.29, 1.82) is 0 Å². The molecule has 0 aliphatic carbocycles. The van der Waals surface area contributed by atoms with E-state index in [9.17, 15) is 4.79 Å². The van der Waals surface area contributed by atoms with Gasteiger partial charge >= 0.3 is 0 Å². The Morgan fingerprint density at radius 1 is 0.891 bits per heavy atom. The van der Waals surface area contributed by atoms with E-state index in [1.54, 1.807) is 6.33 Å². The molecule has 0 radical (unpaired) electrons. The maximum absolute atomic E-state index is 14.1. The third kappa shape index (κ3) is 7.33. The smallest absolute Gasteiger partial charge is 0.234 e. The minimum absolute atomic E-state index is 0.130. The molecule has 0 aliphatic rings. The highest BCUT2D eigenvalue weighted by molar-refractivity contribution is 5.93. The van der Waals surface area contributed by atoms with Crippen molar-refractivity contribution in [3.8, 4) is 11.3 Å². The summed E-state index contributed by atoms with van der Waals surface area (Å²) in [4.78, 5) is 36.6. The van der Waals surface area contributed by atoms with Gasteiger partial charge in [0, 0.05) is 31.2 Å². The number of aromatic nitrogens is 5. The van der Waals surface area contributed by atoms with Crippen molar-refractivity contribution in [2.75, 3.05) is 26.2 Å². The Morgan fingerprint density at radius 2 is 1.59 bits per heavy atom. The second-order valence-corrected chi connectivity index (χ2v) is 14.5. The summed E-state index contributed by atoms with van der Waals surface area (Å²) in [6.45, 7) is 22.4. The molecule has 0 aliphatic heterocycles. The number of nitrogens with one attached hydrogen (secondary N) is 3. The fraction of sp³-hybridized carbons (Fsp3) is 0.474. The molecule has 0 spiro atoms. The second-order valence-electron chi connectivity index (χ2n) is 14.5. The lowest BCUT2D eigenvalue weighted by molar-refractivity contribution is -0.137. The molecular formula is C38H51N7O. The molecule has 3 N–H and O–H groups in total. The van der Waals surface area contributed by atoms with Gasteiger partial charge in [0.25, 0.3) is 0 Å². The number of carbonyl (C=O) groups is 1. The lowest BCUT2D eigenvalue weighted by Crippen LogP contribution is -2.46. The Balaban J connectivity index is 1.46. The maximum Gasteiger partial charge on any atom is 0.234 e. The number of fused-ring (bicyclic) bond motifs is 2. The summed E-state index contributed by atoms with van der Waals surface area (Å²) in [5.41, 5.74) is 9.91. The SMILES string of the molecule is Cc1cc(C)cc(-c2[nH]c3cnc(C(C)(C)C(=O)N(CC(C)C)CC(C)C)cc3c2C(C)CNCCc2cnc3nc[nH]c3c2)c1. The summed E-state index contributed by atoms with van der Waals surface area (Å²) < 4.78 is 0. The summed E-state index contributed by atoms with van der Waals surface area (Å²) in [6, 6.07) is 11.0. The lowest BCUT2D eigenvalue weighted by Gasteiger charge is -2.34. The Bertz CT molecular complexity index is 1780. The number of benzene rings is 1. The molecule has 4 aromatic heterocycles. The highest BCUT2D eigenvalue weighted by Gasteiger charge is 2.36. The largest absolute Gasteiger partial charge is 0.353 e. The molecule has 0 saturated carbocycles. The topological polar surface area (TPSA) is 103 Å². The summed E-state index contributed by atoms with van der Waals surface area (Å²) >= 11 is 0. The normalized spacial score (nSPS) is 12.9. The van der Waals surface area contributed by atoms with Gasteiger partial charge in [0.05, 0.1) is 40.4 Å². The summed E-state index contributed by atoms with van der Waals surface area (Å²) in [6.07, 6.45) is 6.39. The number of aromatic amines is 2. The molecule has 8 nitrogen and oxygen atoms in total. The number of hydrogen-bond donors (Lipinski definition) is 3. The van der Waals surface area contributed by atoms with Crippen molar-refractivity contribution >= 4 is 28.0 Å². The zero-order valence-corrected chi connectivity index (χ0v) is 29.1. The summed E-state index contributed by atoms with van der Waals surface area (Å²) in [5, 5.41) is 4.83. The van der Waals surface area contributed by atoms with Crippen LogP contribution in [0.2, 0.25) is 0 Å². The number of hydrogen-bond acceptors (Lipinski definition) is 5. The van der Waals surface area contributed by atoms with E-state index in [1.165, 1.54) is 27.8 Å². The van der Waals surface area contributed by atoms with Gasteiger partial charge in [-0.3, -0.25) is 9.78 Å². The third-order valence-electron chi connectivity index (χ3n) is 8.73. The van der Waals surface area contributed by atoms with Crippen LogP contribution >= 0.6 is 0 Å². The molecule has 0 saturated heterocycles. The van der Waals surface area contributed by atoms with Crippen LogP contribution in [0.3, 0.4) is 0 Å². The van der Waals surface area contributed by atoms with Crippen molar-refractivity contribution in [2.24, 2.45) is 11.8 Å². The van der Waals surface area contributed by atoms with Gasteiger partial charge in [0.1, 0.15) is 0 Å². The first-order valence-electron chi connectivity index (χ1n) is 16.7. The molecular weight excluding hydrogens is 570 g/mol. The minimum Gasteiger partial charge on any atom is -0.353 e. The standard InChI is InChI=1S/C38H51N7O/c1-23(2)20-45(21-24(3)4)37(46)38(8,9)33-16-30-32(19-40-33)44-35(29-13-25(5)12-26(6)14-29)34(30)27(7)17-39-11-10-28-15-31-36(41-18-28)43-22-42-31/h12-16,18-19,22-24,27,39,44H,10-11,17,20-21H2,1-9H3,(H,41,42,43). The van der Waals surface area contributed by atoms with Gasteiger partial charge in [-0.2, -0.15) is 0 Å². The van der Waals surface area contributed by atoms with Crippen molar-refractivity contribution < 1.29 is 4.79 Å². The average Bonchev–Trinajstić information content (AvgIpc) is 3.61. The number of rotatable bonds is 13. The van der Waals surface area contributed by atoms with Crippen LogP contribution in [0.4, 0.5) is 0 Å². The van der Waals surface area contributed by atoms with Gasteiger partial charge in [-0.1, -0.05) is 51.8 Å². The zero-order chi connectivity index (χ0) is 33.2. The fourth-order valence-electron chi connectivity index (χ4n) is 6.60. The van der Waals surface area contributed by atoms with E-state index in [2.05, 4.69) is 104 Å². The fourth-order valence-corrected chi connectivity index (χ4v) is 6.60. The number of imidazole rings is 1. The molecule has 5 aromatic rings. The number of amides is 1. The predicted octanol–water partition coefficient (Wildman–Crippen LogP) is 7.47. The molecule has 0 bridgehead atoms. The Kier molecular flexibility index (Phi) is 9.96. The number of H-pyrrole nitrogens is 2. The van der Waals surface area contributed by atoms with Crippen LogP contribution in [0.1, 0.15) is 82.3 Å². The number of carbonyl (C=O) groups excluding carboxylic acids is 1. The van der Waals surface area contributed by atoms with Crippen LogP contribution in [-0.2, 0) is 16.6 Å². The van der Waals surface area contributed by atoms with E-state index in [0.717, 1.165) is 66.1 Å². The van der Waals surface area contributed by atoms with E-state index >= 15 is 0 Å². The first-order valence-corrected chi connectivity index (χ1v) is 16.7. The third-order valence-corrected chi connectivity index (χ3v) is 8.73. The van der Waals surface area contributed by atoms with Gasteiger partial charge in [-0.15, -0.1) is 0 Å². The average molecular weight is 622 g/mol. The van der Waals surface area contributed by atoms with Crippen LogP contribution < -0.4 is 5.32 Å². The van der Waals surface area contributed by atoms with E-state index < -0.39 is 5.41 Å². The van der Waals surface area contributed by atoms with Crippen molar-refractivity contribution in [3.63, 3.8) is 0 Å². The van der Waals surface area contributed by atoms with Crippen LogP contribution in [0.5, 0.6) is 0 Å². The van der Waals surface area contributed by atoms with Crippen LogP contribution in [0.15, 0.2) is 49.1 Å². The number of pyridine rings is 2. The molecule has 0 fully saturated rings. The lowest BCUT2D eigenvalue weighted by atomic mass is 9.85. The van der Waals surface area contributed by atoms with Crippen LogP contribution in [0.25, 0.3) is 33.3 Å². The van der Waals surface area contributed by atoms with E-state index in [0.29, 0.717) is 11.8 Å². The van der Waals surface area contributed by atoms with E-state index in [4.69, 9.17) is 4.98 Å². The molecule has 46 heavy (non-hydrogen) atoms.